The summed E-state index contributed by atoms with van der Waals surface area (Å²) in [4.78, 5) is 29.4. The van der Waals surface area contributed by atoms with E-state index in [0.717, 1.165) is 19.9 Å². The molecule has 7 nitrogen and oxygen atoms in total. The summed E-state index contributed by atoms with van der Waals surface area (Å²) in [6.07, 6.45) is 0.228. The Bertz CT molecular complexity index is 1650. The minimum absolute atomic E-state index is 0.00585. The molecule has 1 atom stereocenters. The first-order valence-electron chi connectivity index (χ1n) is 13.8. The number of rotatable bonds is 12. The number of amides is 2. The molecule has 0 aliphatic heterocycles. The molecule has 1 N–H and O–H groups in total. The average molecular weight is 683 g/mol. The highest BCUT2D eigenvalue weighted by Gasteiger charge is 2.34. The molecule has 224 valence electrons. The summed E-state index contributed by atoms with van der Waals surface area (Å²) in [5.41, 5.74) is 2.71. The molecule has 0 saturated heterocycles. The van der Waals surface area contributed by atoms with Crippen molar-refractivity contribution >= 4 is 55.1 Å². The van der Waals surface area contributed by atoms with E-state index < -0.39 is 28.5 Å². The van der Waals surface area contributed by atoms with Gasteiger partial charge in [-0.05, 0) is 67.4 Å². The summed E-state index contributed by atoms with van der Waals surface area (Å²) < 4.78 is 29.9. The lowest BCUT2D eigenvalue weighted by molar-refractivity contribution is -0.140. The lowest BCUT2D eigenvalue weighted by Gasteiger charge is -2.34. The fourth-order valence-electron chi connectivity index (χ4n) is 4.63. The van der Waals surface area contributed by atoms with Gasteiger partial charge in [-0.25, -0.2) is 8.42 Å². The monoisotopic (exact) mass is 681 g/mol. The van der Waals surface area contributed by atoms with Crippen LogP contribution in [0.15, 0.2) is 112 Å². The molecule has 0 fully saturated rings. The van der Waals surface area contributed by atoms with Crippen molar-refractivity contribution in [1.29, 1.82) is 0 Å². The van der Waals surface area contributed by atoms with Gasteiger partial charge >= 0.3 is 0 Å². The van der Waals surface area contributed by atoms with Crippen LogP contribution < -0.4 is 9.62 Å². The van der Waals surface area contributed by atoms with E-state index >= 15 is 0 Å². The maximum Gasteiger partial charge on any atom is 0.264 e. The van der Waals surface area contributed by atoms with E-state index in [1.54, 1.807) is 67.6 Å². The first-order chi connectivity index (χ1) is 20.6. The molecule has 0 radical (unpaired) electrons. The van der Waals surface area contributed by atoms with Crippen LogP contribution in [-0.4, -0.2) is 44.3 Å². The summed E-state index contributed by atoms with van der Waals surface area (Å²) in [5.74, 6) is -0.894. The SMILES string of the molecule is CCNC(=O)C(Cc1ccccc1)N(Cc1ccccc1Cl)C(=O)CN(c1ccc(Br)cc1)S(=O)(=O)c1ccc(C)cc1. The Kier molecular flexibility index (Phi) is 11.0. The number of nitrogens with zero attached hydrogens (tertiary/aromatic N) is 2. The topological polar surface area (TPSA) is 86.8 Å². The number of likely N-dealkylation sites (N-methyl/N-ethyl adjacent to an activating group) is 1. The molecule has 0 aromatic heterocycles. The van der Waals surface area contributed by atoms with Crippen molar-refractivity contribution in [1.82, 2.24) is 10.2 Å². The Morgan fingerprint density at radius 3 is 2.14 bits per heavy atom. The molecular formula is C33H33BrClN3O4S. The van der Waals surface area contributed by atoms with E-state index in [-0.39, 0.29) is 23.8 Å². The maximum absolute atomic E-state index is 14.4. The lowest BCUT2D eigenvalue weighted by Crippen LogP contribution is -2.53. The van der Waals surface area contributed by atoms with Gasteiger partial charge in [0, 0.05) is 29.0 Å². The normalized spacial score (nSPS) is 11.9. The van der Waals surface area contributed by atoms with Gasteiger partial charge in [-0.1, -0.05) is 93.8 Å². The zero-order valence-electron chi connectivity index (χ0n) is 23.9. The first kappa shape index (κ1) is 32.3. The van der Waals surface area contributed by atoms with Gasteiger partial charge in [0.25, 0.3) is 10.0 Å². The predicted octanol–water partition coefficient (Wildman–Crippen LogP) is 6.38. The Hall–Kier alpha value is -3.66. The standard InChI is InChI=1S/C33H33BrClN3O4S/c1-3-36-33(40)31(21-25-9-5-4-6-10-25)37(22-26-11-7-8-12-30(26)35)32(39)23-38(28-17-15-27(34)16-18-28)43(41,42)29-19-13-24(2)14-20-29/h4-20,31H,3,21-23H2,1-2H3,(H,36,40). The van der Waals surface area contributed by atoms with Crippen LogP contribution in [0.4, 0.5) is 5.69 Å². The number of halogens is 2. The summed E-state index contributed by atoms with van der Waals surface area (Å²) in [6, 6.07) is 28.7. The van der Waals surface area contributed by atoms with Crippen LogP contribution in [0.3, 0.4) is 0 Å². The largest absolute Gasteiger partial charge is 0.355 e. The number of sulfonamides is 1. The number of hydrogen-bond acceptors (Lipinski definition) is 4. The number of hydrogen-bond donors (Lipinski definition) is 1. The highest BCUT2D eigenvalue weighted by Crippen LogP contribution is 2.27. The lowest BCUT2D eigenvalue weighted by atomic mass is 10.0. The number of nitrogens with one attached hydrogen (secondary N) is 1. The molecule has 1 unspecified atom stereocenters. The van der Waals surface area contributed by atoms with Gasteiger partial charge in [0.15, 0.2) is 0 Å². The number of aryl methyl sites for hydroxylation is 1. The molecule has 10 heteroatoms. The fraction of sp³-hybridized carbons (Fsp3) is 0.212. The molecule has 4 rings (SSSR count). The summed E-state index contributed by atoms with van der Waals surface area (Å²) in [5, 5.41) is 3.29. The molecular weight excluding hydrogens is 650 g/mol. The quantitative estimate of drug-likeness (QED) is 0.188. The number of carbonyl (C=O) groups excluding carboxylic acids is 2. The predicted molar refractivity (Wildman–Crippen MR) is 174 cm³/mol. The van der Waals surface area contributed by atoms with Crippen molar-refractivity contribution in [2.45, 2.75) is 37.8 Å². The smallest absolute Gasteiger partial charge is 0.264 e. The fourth-order valence-corrected chi connectivity index (χ4v) is 6.50. The van der Waals surface area contributed by atoms with Crippen molar-refractivity contribution in [2.75, 3.05) is 17.4 Å². The minimum Gasteiger partial charge on any atom is -0.355 e. The van der Waals surface area contributed by atoms with Crippen molar-refractivity contribution in [3.63, 3.8) is 0 Å². The third-order valence-corrected chi connectivity index (χ3v) is 9.61. The second kappa shape index (κ2) is 14.7. The molecule has 0 aliphatic rings. The molecule has 2 amide bonds. The highest BCUT2D eigenvalue weighted by atomic mass is 79.9. The molecule has 0 spiro atoms. The molecule has 43 heavy (non-hydrogen) atoms. The number of benzene rings is 4. The van der Waals surface area contributed by atoms with E-state index in [9.17, 15) is 18.0 Å². The van der Waals surface area contributed by atoms with E-state index in [1.165, 1.54) is 17.0 Å². The zero-order valence-corrected chi connectivity index (χ0v) is 27.1. The summed E-state index contributed by atoms with van der Waals surface area (Å²) in [6.45, 7) is 3.51. The van der Waals surface area contributed by atoms with Crippen LogP contribution in [0.25, 0.3) is 0 Å². The molecule has 4 aromatic carbocycles. The third kappa shape index (κ3) is 8.25. The van der Waals surface area contributed by atoms with Gasteiger partial charge < -0.3 is 10.2 Å². The molecule has 0 saturated carbocycles. The summed E-state index contributed by atoms with van der Waals surface area (Å²) >= 11 is 9.91. The Morgan fingerprint density at radius 2 is 1.51 bits per heavy atom. The third-order valence-electron chi connectivity index (χ3n) is 6.92. The Labute approximate surface area is 266 Å². The maximum atomic E-state index is 14.4. The van der Waals surface area contributed by atoms with Crippen LogP contribution in [-0.2, 0) is 32.6 Å². The number of anilines is 1. The van der Waals surface area contributed by atoms with Gasteiger partial charge in [0.2, 0.25) is 11.8 Å². The second-order valence-corrected chi connectivity index (χ2v) is 13.2. The van der Waals surface area contributed by atoms with Crippen LogP contribution in [0.5, 0.6) is 0 Å². The first-order valence-corrected chi connectivity index (χ1v) is 16.4. The van der Waals surface area contributed by atoms with Crippen molar-refractivity contribution in [3.05, 3.63) is 129 Å². The second-order valence-electron chi connectivity index (χ2n) is 10.0. The average Bonchev–Trinajstić information content (AvgIpc) is 3.00. The van der Waals surface area contributed by atoms with E-state index in [2.05, 4.69) is 21.2 Å². The Balaban J connectivity index is 1.80. The zero-order chi connectivity index (χ0) is 31.0. The van der Waals surface area contributed by atoms with Gasteiger partial charge in [0.1, 0.15) is 12.6 Å². The minimum atomic E-state index is -4.16. The molecule has 0 heterocycles. The van der Waals surface area contributed by atoms with Crippen LogP contribution >= 0.6 is 27.5 Å². The van der Waals surface area contributed by atoms with Crippen LogP contribution in [0, 0.1) is 6.92 Å². The van der Waals surface area contributed by atoms with Crippen molar-refractivity contribution < 1.29 is 18.0 Å². The van der Waals surface area contributed by atoms with Gasteiger partial charge in [-0.3, -0.25) is 13.9 Å². The van der Waals surface area contributed by atoms with Gasteiger partial charge in [-0.2, -0.15) is 0 Å². The van der Waals surface area contributed by atoms with Crippen LogP contribution in [0.1, 0.15) is 23.6 Å². The molecule has 4 aromatic rings. The van der Waals surface area contributed by atoms with Crippen LogP contribution in [0.2, 0.25) is 5.02 Å². The molecule has 0 bridgehead atoms. The summed E-state index contributed by atoms with van der Waals surface area (Å²) in [7, 11) is -4.16. The van der Waals surface area contributed by atoms with E-state index in [4.69, 9.17) is 11.6 Å². The number of carbonyl (C=O) groups is 2. The van der Waals surface area contributed by atoms with Gasteiger partial charge in [0.05, 0.1) is 10.6 Å². The van der Waals surface area contributed by atoms with Gasteiger partial charge in [-0.15, -0.1) is 0 Å². The van der Waals surface area contributed by atoms with E-state index in [1.807, 2.05) is 37.3 Å². The Morgan fingerprint density at radius 1 is 0.884 bits per heavy atom. The van der Waals surface area contributed by atoms with Crippen molar-refractivity contribution in [2.24, 2.45) is 0 Å². The van der Waals surface area contributed by atoms with E-state index in [0.29, 0.717) is 22.8 Å². The molecule has 0 aliphatic carbocycles. The van der Waals surface area contributed by atoms with Crippen molar-refractivity contribution in [3.8, 4) is 0 Å². The highest BCUT2D eigenvalue weighted by molar-refractivity contribution is 9.10.